The van der Waals surface area contributed by atoms with Crippen LogP contribution in [0.25, 0.3) is 0 Å². The minimum absolute atomic E-state index is 0.344. The Morgan fingerprint density at radius 2 is 1.95 bits per heavy atom. The van der Waals surface area contributed by atoms with E-state index in [4.69, 9.17) is 4.52 Å². The normalized spacial score (nSPS) is 16.1. The van der Waals surface area contributed by atoms with Crippen LogP contribution in [0, 0.1) is 0 Å². The maximum absolute atomic E-state index is 9.93. The van der Waals surface area contributed by atoms with E-state index in [2.05, 4.69) is 26.9 Å². The number of aryl methyl sites for hydroxylation is 1. The summed E-state index contributed by atoms with van der Waals surface area (Å²) in [7, 11) is 0. The summed E-state index contributed by atoms with van der Waals surface area (Å²) in [6.07, 6.45) is 1.89. The predicted octanol–water partition coefficient (Wildman–Crippen LogP) is 2.05. The summed E-state index contributed by atoms with van der Waals surface area (Å²) < 4.78 is 5.29. The van der Waals surface area contributed by atoms with Crippen molar-refractivity contribution in [3.8, 4) is 5.75 Å². The van der Waals surface area contributed by atoms with Gasteiger partial charge in [-0.3, -0.25) is 4.90 Å². The van der Waals surface area contributed by atoms with Crippen molar-refractivity contribution in [3.63, 3.8) is 0 Å². The van der Waals surface area contributed by atoms with E-state index in [1.165, 1.54) is 0 Å². The van der Waals surface area contributed by atoms with Crippen LogP contribution in [-0.2, 0) is 13.0 Å². The molecule has 0 atom stereocenters. The van der Waals surface area contributed by atoms with Gasteiger partial charge in [0.1, 0.15) is 5.75 Å². The molecule has 3 rings (SSSR count). The minimum atomic E-state index is 0.344. The van der Waals surface area contributed by atoms with Gasteiger partial charge in [-0.25, -0.2) is 0 Å². The lowest BCUT2D eigenvalue weighted by atomic mass is 10.2. The van der Waals surface area contributed by atoms with Crippen molar-refractivity contribution in [2.75, 3.05) is 31.1 Å². The van der Waals surface area contributed by atoms with Gasteiger partial charge in [-0.05, 0) is 18.6 Å². The van der Waals surface area contributed by atoms with Crippen molar-refractivity contribution in [2.45, 2.75) is 26.3 Å². The highest BCUT2D eigenvalue weighted by atomic mass is 16.5. The molecule has 1 saturated heterocycles. The van der Waals surface area contributed by atoms with E-state index in [1.807, 2.05) is 18.2 Å². The number of aromatic hydroxyl groups is 1. The van der Waals surface area contributed by atoms with Crippen LogP contribution in [0.2, 0.25) is 0 Å². The van der Waals surface area contributed by atoms with Crippen molar-refractivity contribution in [1.82, 2.24) is 15.0 Å². The second kappa shape index (κ2) is 6.79. The first-order valence-electron chi connectivity index (χ1n) is 7.83. The lowest BCUT2D eigenvalue weighted by Gasteiger charge is -2.35. The fraction of sp³-hybridized carbons (Fsp3) is 0.500. The second-order valence-electron chi connectivity index (χ2n) is 5.61. The van der Waals surface area contributed by atoms with E-state index in [1.54, 1.807) is 6.07 Å². The van der Waals surface area contributed by atoms with Crippen LogP contribution >= 0.6 is 0 Å². The maximum atomic E-state index is 9.93. The number of hydrogen-bond acceptors (Lipinski definition) is 6. The minimum Gasteiger partial charge on any atom is -0.506 e. The number of anilines is 1. The Labute approximate surface area is 130 Å². The molecule has 0 saturated carbocycles. The third kappa shape index (κ3) is 3.39. The number of rotatable bonds is 5. The van der Waals surface area contributed by atoms with Gasteiger partial charge in [0.05, 0.1) is 12.2 Å². The fourth-order valence-corrected chi connectivity index (χ4v) is 2.75. The zero-order valence-electron chi connectivity index (χ0n) is 12.9. The zero-order valence-corrected chi connectivity index (χ0v) is 12.9. The molecule has 0 bridgehead atoms. The predicted molar refractivity (Wildman–Crippen MR) is 83.9 cm³/mol. The third-order valence-electron chi connectivity index (χ3n) is 3.94. The van der Waals surface area contributed by atoms with Gasteiger partial charge in [0.15, 0.2) is 5.82 Å². The summed E-state index contributed by atoms with van der Waals surface area (Å²) in [5.74, 6) is 1.84. The molecule has 1 aliphatic rings. The fourth-order valence-electron chi connectivity index (χ4n) is 2.75. The number of benzene rings is 1. The summed E-state index contributed by atoms with van der Waals surface area (Å²) in [4.78, 5) is 8.93. The highest BCUT2D eigenvalue weighted by molar-refractivity contribution is 5.57. The van der Waals surface area contributed by atoms with E-state index in [0.717, 1.165) is 50.5 Å². The number of phenols is 1. The van der Waals surface area contributed by atoms with Crippen LogP contribution in [0.5, 0.6) is 5.75 Å². The Morgan fingerprint density at radius 3 is 2.68 bits per heavy atom. The van der Waals surface area contributed by atoms with Crippen molar-refractivity contribution in [2.24, 2.45) is 0 Å². The Hall–Kier alpha value is -2.08. The highest BCUT2D eigenvalue weighted by Gasteiger charge is 2.20. The Balaban J connectivity index is 1.54. The van der Waals surface area contributed by atoms with E-state index in [9.17, 15) is 5.11 Å². The lowest BCUT2D eigenvalue weighted by molar-refractivity contribution is 0.215. The number of para-hydroxylation sites is 2. The van der Waals surface area contributed by atoms with Gasteiger partial charge in [0.25, 0.3) is 0 Å². The average Bonchev–Trinajstić information content (AvgIpc) is 2.96. The molecule has 1 fully saturated rings. The summed E-state index contributed by atoms with van der Waals surface area (Å²) in [6, 6.07) is 7.49. The van der Waals surface area contributed by atoms with Gasteiger partial charge in [-0.15, -0.1) is 0 Å². The molecule has 118 valence electrons. The first-order valence-corrected chi connectivity index (χ1v) is 7.83. The summed E-state index contributed by atoms with van der Waals surface area (Å²) in [6.45, 7) is 6.40. The van der Waals surface area contributed by atoms with Gasteiger partial charge < -0.3 is 14.5 Å². The quantitative estimate of drug-likeness (QED) is 0.912. The molecule has 0 spiro atoms. The molecule has 1 aromatic heterocycles. The van der Waals surface area contributed by atoms with Gasteiger partial charge >= 0.3 is 0 Å². The molecule has 22 heavy (non-hydrogen) atoms. The van der Waals surface area contributed by atoms with Crippen molar-refractivity contribution < 1.29 is 9.63 Å². The smallest absolute Gasteiger partial charge is 0.240 e. The molecule has 1 aromatic carbocycles. The molecule has 0 amide bonds. The maximum Gasteiger partial charge on any atom is 0.240 e. The zero-order chi connectivity index (χ0) is 15.4. The molecule has 6 heteroatoms. The Morgan fingerprint density at radius 1 is 1.18 bits per heavy atom. The van der Waals surface area contributed by atoms with Gasteiger partial charge in [0.2, 0.25) is 5.89 Å². The molecule has 0 radical (unpaired) electrons. The van der Waals surface area contributed by atoms with Crippen molar-refractivity contribution >= 4 is 5.69 Å². The molecule has 2 aromatic rings. The summed E-state index contributed by atoms with van der Waals surface area (Å²) >= 11 is 0. The summed E-state index contributed by atoms with van der Waals surface area (Å²) in [5.41, 5.74) is 0.908. The highest BCUT2D eigenvalue weighted by Crippen LogP contribution is 2.27. The first-order chi connectivity index (χ1) is 10.8. The third-order valence-corrected chi connectivity index (χ3v) is 3.94. The lowest BCUT2D eigenvalue weighted by Crippen LogP contribution is -2.46. The monoisotopic (exact) mass is 302 g/mol. The van der Waals surface area contributed by atoms with Gasteiger partial charge in [-0.1, -0.05) is 24.2 Å². The second-order valence-corrected chi connectivity index (χ2v) is 5.61. The van der Waals surface area contributed by atoms with Crippen LogP contribution in [-0.4, -0.2) is 46.3 Å². The van der Waals surface area contributed by atoms with Crippen LogP contribution in [0.1, 0.15) is 25.1 Å². The topological polar surface area (TPSA) is 65.6 Å². The number of aromatic nitrogens is 2. The Bertz CT molecular complexity index is 606. The molecule has 1 aliphatic heterocycles. The Kier molecular flexibility index (Phi) is 4.58. The molecule has 2 heterocycles. The van der Waals surface area contributed by atoms with Crippen molar-refractivity contribution in [3.05, 3.63) is 36.0 Å². The molecule has 0 aliphatic carbocycles. The van der Waals surface area contributed by atoms with Gasteiger partial charge in [-0.2, -0.15) is 4.98 Å². The van der Waals surface area contributed by atoms with E-state index in [-0.39, 0.29) is 0 Å². The van der Waals surface area contributed by atoms with Crippen LogP contribution in [0.15, 0.2) is 28.8 Å². The largest absolute Gasteiger partial charge is 0.506 e. The molecular weight excluding hydrogens is 280 g/mol. The number of phenolic OH excluding ortho intramolecular Hbond substituents is 1. The SMILES string of the molecule is CCCc1noc(CN2CCN(c3ccccc3O)CC2)n1. The van der Waals surface area contributed by atoms with E-state index in [0.29, 0.717) is 18.2 Å². The number of piperazine rings is 1. The van der Waals surface area contributed by atoms with Crippen LogP contribution in [0.4, 0.5) is 5.69 Å². The summed E-state index contributed by atoms with van der Waals surface area (Å²) in [5, 5.41) is 13.9. The van der Waals surface area contributed by atoms with Crippen LogP contribution in [0.3, 0.4) is 0 Å². The first kappa shape index (κ1) is 14.8. The van der Waals surface area contributed by atoms with Crippen LogP contribution < -0.4 is 4.90 Å². The van der Waals surface area contributed by atoms with E-state index >= 15 is 0 Å². The van der Waals surface area contributed by atoms with Gasteiger partial charge in [0, 0.05) is 32.6 Å². The molecular formula is C16H22N4O2. The standard InChI is InChI=1S/C16H22N4O2/c1-2-5-15-17-16(22-18-15)12-19-8-10-20(11-9-19)13-6-3-4-7-14(13)21/h3-4,6-7,21H,2,5,8-12H2,1H3. The number of nitrogens with zero attached hydrogens (tertiary/aromatic N) is 4. The van der Waals surface area contributed by atoms with E-state index < -0.39 is 0 Å². The molecule has 6 nitrogen and oxygen atoms in total. The molecule has 0 unspecified atom stereocenters. The molecule has 1 N–H and O–H groups in total. The average molecular weight is 302 g/mol. The van der Waals surface area contributed by atoms with Crippen molar-refractivity contribution in [1.29, 1.82) is 0 Å². The number of hydrogen-bond donors (Lipinski definition) is 1.